The van der Waals surface area contributed by atoms with Gasteiger partial charge in [-0.1, -0.05) is 6.07 Å². The van der Waals surface area contributed by atoms with Crippen molar-refractivity contribution in [3.8, 4) is 5.75 Å². The molecule has 0 aliphatic rings. The Labute approximate surface area is 71.2 Å². The van der Waals surface area contributed by atoms with E-state index in [1.165, 1.54) is 6.07 Å². The predicted octanol–water partition coefficient (Wildman–Crippen LogP) is 1.59. The molecule has 0 fully saturated rings. The van der Waals surface area contributed by atoms with E-state index < -0.39 is 0 Å². The molecule has 0 aliphatic carbocycles. The van der Waals surface area contributed by atoms with Gasteiger partial charge in [0.15, 0.2) is 0 Å². The molecule has 1 aromatic rings. The molecule has 0 aliphatic heterocycles. The summed E-state index contributed by atoms with van der Waals surface area (Å²) < 4.78 is 13.0. The summed E-state index contributed by atoms with van der Waals surface area (Å²) in [6.07, 6.45) is 0. The van der Waals surface area contributed by atoms with Crippen molar-refractivity contribution in [1.82, 2.24) is 4.90 Å². The van der Waals surface area contributed by atoms with Crippen LogP contribution in [0, 0.1) is 5.82 Å². The molecular weight excluding hydrogens is 157 g/mol. The maximum Gasteiger partial charge on any atom is 0.131 e. The lowest BCUT2D eigenvalue weighted by molar-refractivity contribution is 0.390. The lowest BCUT2D eigenvalue weighted by Crippen LogP contribution is -2.11. The van der Waals surface area contributed by atoms with Crippen molar-refractivity contribution in [2.45, 2.75) is 6.54 Å². The average molecular weight is 169 g/mol. The van der Waals surface area contributed by atoms with Crippen LogP contribution in [0.4, 0.5) is 4.39 Å². The van der Waals surface area contributed by atoms with Crippen LogP contribution in [0.5, 0.6) is 5.75 Å². The van der Waals surface area contributed by atoms with Crippen molar-refractivity contribution >= 4 is 0 Å². The Bertz CT molecular complexity index is 273. The third-order valence-electron chi connectivity index (χ3n) is 1.52. The fraction of sp³-hybridized carbons (Fsp3) is 0.333. The molecule has 2 nitrogen and oxygen atoms in total. The van der Waals surface area contributed by atoms with Gasteiger partial charge in [0, 0.05) is 18.2 Å². The molecule has 66 valence electrons. The smallest absolute Gasteiger partial charge is 0.131 e. The monoisotopic (exact) mass is 169 g/mol. The molecule has 0 atom stereocenters. The molecule has 1 N–H and O–H groups in total. The number of nitrogens with zero attached hydrogens (tertiary/aromatic N) is 1. The van der Waals surface area contributed by atoms with Gasteiger partial charge in [0.05, 0.1) is 0 Å². The van der Waals surface area contributed by atoms with Crippen molar-refractivity contribution < 1.29 is 9.50 Å². The van der Waals surface area contributed by atoms with E-state index in [-0.39, 0.29) is 11.6 Å². The van der Waals surface area contributed by atoms with Crippen LogP contribution in [0.15, 0.2) is 18.2 Å². The van der Waals surface area contributed by atoms with Crippen LogP contribution in [0.3, 0.4) is 0 Å². The normalized spacial score (nSPS) is 10.7. The van der Waals surface area contributed by atoms with E-state index in [1.54, 1.807) is 6.07 Å². The number of hydrogen-bond donors (Lipinski definition) is 1. The fourth-order valence-electron chi connectivity index (χ4n) is 1.01. The first-order valence-electron chi connectivity index (χ1n) is 3.71. The Hall–Kier alpha value is -1.09. The highest BCUT2D eigenvalue weighted by Gasteiger charge is 2.03. The first-order chi connectivity index (χ1) is 5.59. The predicted molar refractivity (Wildman–Crippen MR) is 45.5 cm³/mol. The molecule has 12 heavy (non-hydrogen) atoms. The second-order valence-corrected chi connectivity index (χ2v) is 3.01. The van der Waals surface area contributed by atoms with Crippen LogP contribution in [-0.2, 0) is 6.54 Å². The highest BCUT2D eigenvalue weighted by Crippen LogP contribution is 2.15. The number of aromatic hydroxyl groups is 1. The molecule has 0 spiro atoms. The summed E-state index contributed by atoms with van der Waals surface area (Å²) in [5, 5.41) is 8.92. The van der Waals surface area contributed by atoms with Crippen LogP contribution in [0.2, 0.25) is 0 Å². The Kier molecular flexibility index (Phi) is 2.65. The maximum atomic E-state index is 13.0. The van der Waals surface area contributed by atoms with Gasteiger partial charge in [-0.3, -0.25) is 0 Å². The van der Waals surface area contributed by atoms with Gasteiger partial charge < -0.3 is 10.0 Å². The minimum atomic E-state index is -0.358. The van der Waals surface area contributed by atoms with Gasteiger partial charge >= 0.3 is 0 Å². The maximum absolute atomic E-state index is 13.0. The number of phenolic OH excluding ortho intramolecular Hbond substituents is 1. The topological polar surface area (TPSA) is 23.5 Å². The quantitative estimate of drug-likeness (QED) is 0.726. The molecule has 1 rings (SSSR count). The summed E-state index contributed by atoms with van der Waals surface area (Å²) in [5.41, 5.74) is 0.595. The second kappa shape index (κ2) is 3.54. The third-order valence-corrected chi connectivity index (χ3v) is 1.52. The van der Waals surface area contributed by atoms with Crippen molar-refractivity contribution in [3.05, 3.63) is 29.6 Å². The SMILES string of the molecule is CN(C)Cc1ccc(O)cc1F. The highest BCUT2D eigenvalue weighted by molar-refractivity contribution is 5.27. The Morgan fingerprint density at radius 1 is 1.42 bits per heavy atom. The fourth-order valence-corrected chi connectivity index (χ4v) is 1.01. The van der Waals surface area contributed by atoms with Gasteiger partial charge in [0.25, 0.3) is 0 Å². The number of benzene rings is 1. The molecular formula is C9H12FNO. The van der Waals surface area contributed by atoms with Crippen molar-refractivity contribution in [2.75, 3.05) is 14.1 Å². The summed E-state index contributed by atoms with van der Waals surface area (Å²) in [6.45, 7) is 0.548. The van der Waals surface area contributed by atoms with Gasteiger partial charge in [-0.15, -0.1) is 0 Å². The minimum absolute atomic E-state index is 0.0324. The van der Waals surface area contributed by atoms with Crippen molar-refractivity contribution in [3.63, 3.8) is 0 Å². The summed E-state index contributed by atoms with van der Waals surface area (Å²) in [5.74, 6) is -0.390. The molecule has 3 heteroatoms. The third kappa shape index (κ3) is 2.20. The van der Waals surface area contributed by atoms with E-state index in [0.29, 0.717) is 12.1 Å². The van der Waals surface area contributed by atoms with E-state index in [9.17, 15) is 4.39 Å². The van der Waals surface area contributed by atoms with E-state index in [4.69, 9.17) is 5.11 Å². The molecule has 0 amide bonds. The molecule has 0 heterocycles. The van der Waals surface area contributed by atoms with E-state index in [0.717, 1.165) is 6.07 Å². The van der Waals surface area contributed by atoms with Gasteiger partial charge in [0.2, 0.25) is 0 Å². The van der Waals surface area contributed by atoms with E-state index in [2.05, 4.69) is 0 Å². The Balaban J connectivity index is 2.86. The summed E-state index contributed by atoms with van der Waals surface area (Å²) in [4.78, 5) is 1.87. The van der Waals surface area contributed by atoms with Gasteiger partial charge in [0.1, 0.15) is 11.6 Å². The van der Waals surface area contributed by atoms with Crippen LogP contribution in [0.1, 0.15) is 5.56 Å². The van der Waals surface area contributed by atoms with Gasteiger partial charge in [-0.2, -0.15) is 0 Å². The highest BCUT2D eigenvalue weighted by atomic mass is 19.1. The lowest BCUT2D eigenvalue weighted by Gasteiger charge is -2.10. The molecule has 0 radical (unpaired) electrons. The zero-order valence-corrected chi connectivity index (χ0v) is 7.21. The van der Waals surface area contributed by atoms with Gasteiger partial charge in [-0.05, 0) is 20.2 Å². The summed E-state index contributed by atoms with van der Waals surface area (Å²) >= 11 is 0. The summed E-state index contributed by atoms with van der Waals surface area (Å²) in [7, 11) is 3.73. The van der Waals surface area contributed by atoms with Crippen LogP contribution in [-0.4, -0.2) is 24.1 Å². The van der Waals surface area contributed by atoms with Crippen molar-refractivity contribution in [2.24, 2.45) is 0 Å². The molecule has 0 saturated heterocycles. The standard InChI is InChI=1S/C9H12FNO/c1-11(2)6-7-3-4-8(12)5-9(7)10/h3-5,12H,6H2,1-2H3. The average Bonchev–Trinajstić information content (AvgIpc) is 1.94. The van der Waals surface area contributed by atoms with Crippen LogP contribution in [0.25, 0.3) is 0 Å². The zero-order valence-electron chi connectivity index (χ0n) is 7.21. The molecule has 0 bridgehead atoms. The van der Waals surface area contributed by atoms with Gasteiger partial charge in [-0.25, -0.2) is 4.39 Å². The Morgan fingerprint density at radius 2 is 2.08 bits per heavy atom. The molecule has 1 aromatic carbocycles. The van der Waals surface area contributed by atoms with Crippen molar-refractivity contribution in [1.29, 1.82) is 0 Å². The van der Waals surface area contributed by atoms with Crippen LogP contribution >= 0.6 is 0 Å². The largest absolute Gasteiger partial charge is 0.508 e. The van der Waals surface area contributed by atoms with Crippen LogP contribution < -0.4 is 0 Å². The molecule has 0 aromatic heterocycles. The minimum Gasteiger partial charge on any atom is -0.508 e. The molecule has 0 saturated carbocycles. The number of phenols is 1. The Morgan fingerprint density at radius 3 is 2.58 bits per heavy atom. The van der Waals surface area contributed by atoms with E-state index >= 15 is 0 Å². The lowest BCUT2D eigenvalue weighted by atomic mass is 10.2. The first-order valence-corrected chi connectivity index (χ1v) is 3.71. The second-order valence-electron chi connectivity index (χ2n) is 3.01. The number of rotatable bonds is 2. The number of hydrogen-bond acceptors (Lipinski definition) is 2. The summed E-state index contributed by atoms with van der Waals surface area (Å²) in [6, 6.07) is 4.20. The molecule has 0 unspecified atom stereocenters. The number of halogens is 1. The first kappa shape index (κ1) is 9.00. The van der Waals surface area contributed by atoms with E-state index in [1.807, 2.05) is 19.0 Å². The zero-order chi connectivity index (χ0) is 9.14.